The molecule has 0 spiro atoms. The first kappa shape index (κ1) is 17.8. The molecule has 0 heterocycles. The summed E-state index contributed by atoms with van der Waals surface area (Å²) in [5.74, 6) is 6.47. The van der Waals surface area contributed by atoms with Crippen molar-refractivity contribution < 1.29 is 0 Å². The molecule has 134 valence electrons. The maximum Gasteiger partial charge on any atom is -0.0411 e. The molecule has 0 heteroatoms. The van der Waals surface area contributed by atoms with E-state index in [0.29, 0.717) is 0 Å². The highest BCUT2D eigenvalue weighted by Crippen LogP contribution is 2.42. The molecule has 23 heavy (non-hydrogen) atoms. The Morgan fingerprint density at radius 1 is 0.478 bits per heavy atom. The van der Waals surface area contributed by atoms with Crippen LogP contribution in [0.5, 0.6) is 0 Å². The molecule has 0 bridgehead atoms. The van der Waals surface area contributed by atoms with Gasteiger partial charge in [0, 0.05) is 0 Å². The molecule has 3 fully saturated rings. The van der Waals surface area contributed by atoms with Gasteiger partial charge in [-0.2, -0.15) is 0 Å². The summed E-state index contributed by atoms with van der Waals surface area (Å²) in [7, 11) is 0. The molecule has 0 unspecified atom stereocenters. The van der Waals surface area contributed by atoms with Crippen LogP contribution in [0.4, 0.5) is 0 Å². The van der Waals surface area contributed by atoms with E-state index in [1.165, 1.54) is 32.1 Å². The lowest BCUT2D eigenvalue weighted by Gasteiger charge is -2.36. The summed E-state index contributed by atoms with van der Waals surface area (Å²) >= 11 is 0. The van der Waals surface area contributed by atoms with Gasteiger partial charge in [0.2, 0.25) is 0 Å². The number of hydrogen-bond donors (Lipinski definition) is 0. The predicted molar refractivity (Wildman–Crippen MR) is 102 cm³/mol. The van der Waals surface area contributed by atoms with Gasteiger partial charge in [-0.1, -0.05) is 97.3 Å². The number of hydrogen-bond acceptors (Lipinski definition) is 0. The summed E-state index contributed by atoms with van der Waals surface area (Å²) in [6.45, 7) is 4.84. The van der Waals surface area contributed by atoms with Crippen LogP contribution in [0.15, 0.2) is 0 Å². The second-order valence-corrected chi connectivity index (χ2v) is 9.78. The molecule has 0 saturated heterocycles. The van der Waals surface area contributed by atoms with Crippen LogP contribution in [-0.2, 0) is 0 Å². The van der Waals surface area contributed by atoms with Gasteiger partial charge in [0.15, 0.2) is 0 Å². The third kappa shape index (κ3) is 5.50. The third-order valence-corrected chi connectivity index (χ3v) is 7.98. The van der Waals surface area contributed by atoms with Crippen molar-refractivity contribution in [2.45, 2.75) is 110 Å². The number of rotatable bonds is 5. The van der Waals surface area contributed by atoms with Gasteiger partial charge in [-0.05, 0) is 48.3 Å². The Hall–Kier alpha value is 0. The Kier molecular flexibility index (Phi) is 6.90. The minimum absolute atomic E-state index is 1.02. The van der Waals surface area contributed by atoms with Crippen LogP contribution in [0.2, 0.25) is 0 Å². The molecule has 0 atom stereocenters. The first-order valence-corrected chi connectivity index (χ1v) is 11.2. The summed E-state index contributed by atoms with van der Waals surface area (Å²) in [6, 6.07) is 0. The van der Waals surface area contributed by atoms with E-state index in [2.05, 4.69) is 13.8 Å². The molecular weight excluding hydrogens is 276 g/mol. The molecular formula is C23H42. The molecule has 3 aliphatic carbocycles. The van der Waals surface area contributed by atoms with E-state index in [0.717, 1.165) is 35.5 Å². The summed E-state index contributed by atoms with van der Waals surface area (Å²) in [5, 5.41) is 0. The van der Waals surface area contributed by atoms with Crippen LogP contribution in [-0.4, -0.2) is 0 Å². The van der Waals surface area contributed by atoms with Crippen LogP contribution in [0.1, 0.15) is 110 Å². The molecule has 0 aliphatic heterocycles. The highest BCUT2D eigenvalue weighted by Gasteiger charge is 2.28. The van der Waals surface area contributed by atoms with Crippen LogP contribution in [0.25, 0.3) is 0 Å². The highest BCUT2D eigenvalue weighted by molar-refractivity contribution is 4.80. The summed E-state index contributed by atoms with van der Waals surface area (Å²) in [5.41, 5.74) is 0. The Balaban J connectivity index is 1.31. The molecule has 3 saturated carbocycles. The van der Waals surface area contributed by atoms with E-state index in [9.17, 15) is 0 Å². The zero-order valence-electron chi connectivity index (χ0n) is 16.1. The van der Waals surface area contributed by atoms with Crippen LogP contribution >= 0.6 is 0 Å². The molecule has 0 aromatic rings. The van der Waals surface area contributed by atoms with Crippen molar-refractivity contribution in [3.05, 3.63) is 0 Å². The van der Waals surface area contributed by atoms with E-state index in [-0.39, 0.29) is 0 Å². The first-order chi connectivity index (χ1) is 11.2. The van der Waals surface area contributed by atoms with Crippen LogP contribution < -0.4 is 0 Å². The van der Waals surface area contributed by atoms with Gasteiger partial charge in [0.05, 0.1) is 0 Å². The normalized spacial score (nSPS) is 42.5. The average molecular weight is 319 g/mol. The third-order valence-electron chi connectivity index (χ3n) is 7.98. The minimum Gasteiger partial charge on any atom is -0.0651 e. The molecule has 0 radical (unpaired) electrons. The fourth-order valence-electron chi connectivity index (χ4n) is 6.09. The molecule has 0 nitrogen and oxygen atoms in total. The predicted octanol–water partition coefficient (Wildman–Crippen LogP) is 7.62. The molecule has 3 rings (SSSR count). The average Bonchev–Trinajstić information content (AvgIpc) is 2.59. The second kappa shape index (κ2) is 8.91. The molecule has 0 aromatic heterocycles. The Morgan fingerprint density at radius 3 is 1.13 bits per heavy atom. The highest BCUT2D eigenvalue weighted by atomic mass is 14.3. The van der Waals surface area contributed by atoms with E-state index in [1.807, 2.05) is 0 Å². The first-order valence-electron chi connectivity index (χ1n) is 11.2. The van der Waals surface area contributed by atoms with Gasteiger partial charge in [-0.25, -0.2) is 0 Å². The van der Waals surface area contributed by atoms with Crippen molar-refractivity contribution in [2.75, 3.05) is 0 Å². The molecule has 3 aliphatic rings. The molecule has 0 aromatic carbocycles. The fourth-order valence-corrected chi connectivity index (χ4v) is 6.09. The Labute approximate surface area is 146 Å². The summed E-state index contributed by atoms with van der Waals surface area (Å²) in [4.78, 5) is 0. The second-order valence-electron chi connectivity index (χ2n) is 9.78. The SMILES string of the molecule is CCC1CCC(CC2CCC(CC3CCC(C)CC3)CC2)CC1. The van der Waals surface area contributed by atoms with Crippen LogP contribution in [0, 0.1) is 35.5 Å². The van der Waals surface area contributed by atoms with Gasteiger partial charge in [-0.3, -0.25) is 0 Å². The van der Waals surface area contributed by atoms with Crippen molar-refractivity contribution in [2.24, 2.45) is 35.5 Å². The van der Waals surface area contributed by atoms with Crippen molar-refractivity contribution in [3.8, 4) is 0 Å². The van der Waals surface area contributed by atoms with Gasteiger partial charge in [-0.15, -0.1) is 0 Å². The van der Waals surface area contributed by atoms with E-state index < -0.39 is 0 Å². The molecule has 0 N–H and O–H groups in total. The van der Waals surface area contributed by atoms with Crippen molar-refractivity contribution in [1.82, 2.24) is 0 Å². The van der Waals surface area contributed by atoms with Gasteiger partial charge in [0.25, 0.3) is 0 Å². The van der Waals surface area contributed by atoms with Crippen molar-refractivity contribution in [3.63, 3.8) is 0 Å². The Morgan fingerprint density at radius 2 is 0.783 bits per heavy atom. The Bertz CT molecular complexity index is 309. The van der Waals surface area contributed by atoms with Crippen LogP contribution in [0.3, 0.4) is 0 Å². The maximum absolute atomic E-state index is 2.45. The quantitative estimate of drug-likeness (QED) is 0.489. The standard InChI is InChI=1S/C23H42/c1-3-19-8-10-21(11-9-19)17-23-14-12-22(13-15-23)16-20-6-4-18(2)5-7-20/h18-23H,3-17H2,1-2H3. The van der Waals surface area contributed by atoms with Crippen molar-refractivity contribution in [1.29, 1.82) is 0 Å². The van der Waals surface area contributed by atoms with Gasteiger partial charge in [0.1, 0.15) is 0 Å². The van der Waals surface area contributed by atoms with E-state index >= 15 is 0 Å². The van der Waals surface area contributed by atoms with E-state index in [1.54, 1.807) is 64.2 Å². The smallest absolute Gasteiger partial charge is 0.0411 e. The van der Waals surface area contributed by atoms with E-state index in [4.69, 9.17) is 0 Å². The summed E-state index contributed by atoms with van der Waals surface area (Å²) in [6.07, 6.45) is 23.2. The zero-order chi connectivity index (χ0) is 16.1. The van der Waals surface area contributed by atoms with Gasteiger partial charge < -0.3 is 0 Å². The van der Waals surface area contributed by atoms with Crippen molar-refractivity contribution >= 4 is 0 Å². The lowest BCUT2D eigenvalue weighted by Crippen LogP contribution is -2.22. The lowest BCUT2D eigenvalue weighted by molar-refractivity contribution is 0.165. The minimum atomic E-state index is 1.02. The zero-order valence-corrected chi connectivity index (χ0v) is 16.1. The molecule has 0 amide bonds. The van der Waals surface area contributed by atoms with Gasteiger partial charge >= 0.3 is 0 Å². The monoisotopic (exact) mass is 318 g/mol. The summed E-state index contributed by atoms with van der Waals surface area (Å²) < 4.78 is 0. The lowest BCUT2D eigenvalue weighted by atomic mass is 9.70. The fraction of sp³-hybridized carbons (Fsp3) is 1.00. The maximum atomic E-state index is 2.45. The topological polar surface area (TPSA) is 0 Å². The largest absolute Gasteiger partial charge is 0.0651 e.